The number of Topliss-reactive ketones (excluding diaryl/α,β-unsaturated/α-hetero) is 1. The summed E-state index contributed by atoms with van der Waals surface area (Å²) < 4.78 is 16.8. The van der Waals surface area contributed by atoms with Crippen LogP contribution >= 0.6 is 0 Å². The van der Waals surface area contributed by atoms with E-state index in [-0.39, 0.29) is 35.0 Å². The number of aliphatic hydroxyl groups is 4. The summed E-state index contributed by atoms with van der Waals surface area (Å²) in [4.78, 5) is 12.6. The predicted octanol–water partition coefficient (Wildman–Crippen LogP) is 0.277. The van der Waals surface area contributed by atoms with Crippen LogP contribution in [0.25, 0.3) is 0 Å². The van der Waals surface area contributed by atoms with E-state index in [2.05, 4.69) is 0 Å². The summed E-state index contributed by atoms with van der Waals surface area (Å²) >= 11 is 0. The maximum atomic E-state index is 12.6. The average Bonchev–Trinajstić information content (AvgIpc) is 2.74. The first-order chi connectivity index (χ1) is 14.4. The number of ether oxygens (including phenoxy) is 3. The van der Waals surface area contributed by atoms with E-state index in [0.717, 1.165) is 5.56 Å². The van der Waals surface area contributed by atoms with Crippen molar-refractivity contribution in [2.75, 3.05) is 6.61 Å². The molecule has 0 radical (unpaired) electrons. The van der Waals surface area contributed by atoms with Gasteiger partial charge >= 0.3 is 0 Å². The summed E-state index contributed by atoms with van der Waals surface area (Å²) in [5.74, 6) is -0.526. The molecular formula is C21H22O9. The van der Waals surface area contributed by atoms with Crippen molar-refractivity contribution in [1.82, 2.24) is 0 Å². The number of hydrogen-bond donors (Lipinski definition) is 5. The number of fused-ring (bicyclic) bond motifs is 1. The van der Waals surface area contributed by atoms with Gasteiger partial charge in [0.25, 0.3) is 0 Å². The van der Waals surface area contributed by atoms with E-state index in [1.54, 1.807) is 0 Å². The SMILES string of the molecule is O=C1C[C@H](c2ccccc2)Oc2cc(O[C@H]3O[C@@H](CO)[C@H](O)[C@@H](O)[C@@H]3O)cc(O)c21. The molecule has 30 heavy (non-hydrogen) atoms. The number of aromatic hydroxyl groups is 1. The zero-order chi connectivity index (χ0) is 21.4. The molecular weight excluding hydrogens is 396 g/mol. The van der Waals surface area contributed by atoms with Crippen molar-refractivity contribution in [2.45, 2.75) is 43.2 Å². The van der Waals surface area contributed by atoms with Crippen LogP contribution in [0.1, 0.15) is 28.4 Å². The first kappa shape index (κ1) is 20.6. The summed E-state index contributed by atoms with van der Waals surface area (Å²) in [5, 5.41) is 49.5. The Bertz CT molecular complexity index is 914. The summed E-state index contributed by atoms with van der Waals surface area (Å²) in [7, 11) is 0. The van der Waals surface area contributed by atoms with E-state index in [1.165, 1.54) is 12.1 Å². The van der Waals surface area contributed by atoms with Gasteiger partial charge in [-0.3, -0.25) is 4.79 Å². The highest BCUT2D eigenvalue weighted by Gasteiger charge is 2.45. The quantitative estimate of drug-likeness (QED) is 0.472. The largest absolute Gasteiger partial charge is 0.507 e. The van der Waals surface area contributed by atoms with Gasteiger partial charge in [-0.15, -0.1) is 0 Å². The van der Waals surface area contributed by atoms with Crippen LogP contribution in [-0.2, 0) is 4.74 Å². The van der Waals surface area contributed by atoms with Gasteiger partial charge in [0.15, 0.2) is 5.78 Å². The maximum Gasteiger partial charge on any atom is 0.229 e. The number of carbonyl (C=O) groups is 1. The molecule has 2 aromatic rings. The zero-order valence-electron chi connectivity index (χ0n) is 15.8. The molecule has 0 bridgehead atoms. The highest BCUT2D eigenvalue weighted by molar-refractivity contribution is 6.02. The van der Waals surface area contributed by atoms with Crippen LogP contribution in [-0.4, -0.2) is 68.6 Å². The van der Waals surface area contributed by atoms with Crippen molar-refractivity contribution < 1.29 is 44.5 Å². The van der Waals surface area contributed by atoms with Crippen molar-refractivity contribution >= 4 is 5.78 Å². The maximum absolute atomic E-state index is 12.6. The molecule has 0 saturated carbocycles. The van der Waals surface area contributed by atoms with Gasteiger partial charge in [0.05, 0.1) is 13.0 Å². The molecule has 0 aliphatic carbocycles. The molecule has 160 valence electrons. The van der Waals surface area contributed by atoms with Crippen molar-refractivity contribution in [2.24, 2.45) is 0 Å². The highest BCUT2D eigenvalue weighted by atomic mass is 16.7. The molecule has 9 nitrogen and oxygen atoms in total. The third-order valence-corrected chi connectivity index (χ3v) is 5.25. The highest BCUT2D eigenvalue weighted by Crippen LogP contribution is 2.42. The molecule has 2 aliphatic heterocycles. The Morgan fingerprint density at radius 3 is 2.47 bits per heavy atom. The second kappa shape index (κ2) is 8.21. The Labute approximate surface area is 171 Å². The molecule has 1 fully saturated rings. The third kappa shape index (κ3) is 3.73. The van der Waals surface area contributed by atoms with Gasteiger partial charge in [-0.25, -0.2) is 0 Å². The number of carbonyl (C=O) groups excluding carboxylic acids is 1. The molecule has 0 unspecified atom stereocenters. The lowest BCUT2D eigenvalue weighted by Gasteiger charge is -2.39. The Kier molecular flexibility index (Phi) is 5.63. The van der Waals surface area contributed by atoms with E-state index >= 15 is 0 Å². The minimum Gasteiger partial charge on any atom is -0.507 e. The minimum absolute atomic E-state index is 0.0112. The number of rotatable bonds is 4. The van der Waals surface area contributed by atoms with Crippen LogP contribution in [0, 0.1) is 0 Å². The number of benzene rings is 2. The zero-order valence-corrected chi connectivity index (χ0v) is 15.8. The molecule has 1 saturated heterocycles. The normalized spacial score (nSPS) is 31.0. The monoisotopic (exact) mass is 418 g/mol. The Balaban J connectivity index is 1.60. The second-order valence-electron chi connectivity index (χ2n) is 7.28. The van der Waals surface area contributed by atoms with Crippen LogP contribution in [0.2, 0.25) is 0 Å². The fourth-order valence-electron chi connectivity index (χ4n) is 3.64. The molecule has 4 rings (SSSR count). The summed E-state index contributed by atoms with van der Waals surface area (Å²) in [6, 6.07) is 11.7. The number of phenolic OH excluding ortho intramolecular Hbond substituents is 1. The van der Waals surface area contributed by atoms with Gasteiger partial charge in [0, 0.05) is 12.1 Å². The van der Waals surface area contributed by atoms with Gasteiger partial charge in [-0.1, -0.05) is 30.3 Å². The Hall–Kier alpha value is -2.69. The summed E-state index contributed by atoms with van der Waals surface area (Å²) in [6.07, 6.45) is -7.77. The van der Waals surface area contributed by atoms with Gasteiger partial charge in [0.2, 0.25) is 6.29 Å². The fraction of sp³-hybridized carbons (Fsp3) is 0.381. The van der Waals surface area contributed by atoms with Crippen LogP contribution in [0.15, 0.2) is 42.5 Å². The Morgan fingerprint density at radius 2 is 1.77 bits per heavy atom. The Morgan fingerprint density at radius 1 is 1.03 bits per heavy atom. The van der Waals surface area contributed by atoms with Crippen LogP contribution < -0.4 is 9.47 Å². The van der Waals surface area contributed by atoms with Gasteiger partial charge in [-0.2, -0.15) is 0 Å². The summed E-state index contributed by atoms with van der Waals surface area (Å²) in [6.45, 7) is -0.601. The number of hydrogen-bond acceptors (Lipinski definition) is 9. The molecule has 2 aliphatic rings. The standard InChI is InChI=1S/C21H22O9/c22-9-16-18(25)19(26)20(27)21(30-16)28-11-6-12(23)17-13(24)8-14(29-15(17)7-11)10-4-2-1-3-5-10/h1-7,14,16,18-23,25-27H,8-9H2/t14-,16+,18+,19-,20+,21+/m1/s1. The second-order valence-corrected chi connectivity index (χ2v) is 7.28. The smallest absolute Gasteiger partial charge is 0.229 e. The van der Waals surface area contributed by atoms with E-state index in [4.69, 9.17) is 14.2 Å². The van der Waals surface area contributed by atoms with Crippen molar-refractivity contribution in [3.8, 4) is 17.2 Å². The van der Waals surface area contributed by atoms with Crippen molar-refractivity contribution in [3.63, 3.8) is 0 Å². The fourth-order valence-corrected chi connectivity index (χ4v) is 3.64. The lowest BCUT2D eigenvalue weighted by Crippen LogP contribution is -2.60. The van der Waals surface area contributed by atoms with Crippen LogP contribution in [0.3, 0.4) is 0 Å². The molecule has 6 atom stereocenters. The third-order valence-electron chi connectivity index (χ3n) is 5.25. The van der Waals surface area contributed by atoms with E-state index in [0.29, 0.717) is 0 Å². The number of ketones is 1. The van der Waals surface area contributed by atoms with Crippen molar-refractivity contribution in [3.05, 3.63) is 53.6 Å². The van der Waals surface area contributed by atoms with Gasteiger partial charge in [-0.05, 0) is 5.56 Å². The van der Waals surface area contributed by atoms with E-state index in [1.807, 2.05) is 30.3 Å². The molecule has 0 amide bonds. The minimum atomic E-state index is -1.61. The summed E-state index contributed by atoms with van der Waals surface area (Å²) in [5.41, 5.74) is 0.833. The lowest BCUT2D eigenvalue weighted by atomic mass is 9.95. The lowest BCUT2D eigenvalue weighted by molar-refractivity contribution is -0.277. The van der Waals surface area contributed by atoms with Crippen LogP contribution in [0.5, 0.6) is 17.2 Å². The topological polar surface area (TPSA) is 146 Å². The van der Waals surface area contributed by atoms with Crippen molar-refractivity contribution in [1.29, 1.82) is 0 Å². The first-order valence-corrected chi connectivity index (χ1v) is 9.48. The first-order valence-electron chi connectivity index (χ1n) is 9.48. The molecule has 0 aromatic heterocycles. The molecule has 9 heteroatoms. The average molecular weight is 418 g/mol. The molecule has 5 N–H and O–H groups in total. The number of phenols is 1. The van der Waals surface area contributed by atoms with Gasteiger partial charge in [0.1, 0.15) is 53.3 Å². The molecule has 2 heterocycles. The molecule has 0 spiro atoms. The van der Waals surface area contributed by atoms with Crippen LogP contribution in [0.4, 0.5) is 0 Å². The predicted molar refractivity (Wildman–Crippen MR) is 101 cm³/mol. The van der Waals surface area contributed by atoms with E-state index < -0.39 is 43.4 Å². The number of aliphatic hydroxyl groups excluding tert-OH is 4. The molecule has 2 aromatic carbocycles. The van der Waals surface area contributed by atoms with E-state index in [9.17, 15) is 30.3 Å². The van der Waals surface area contributed by atoms with Gasteiger partial charge < -0.3 is 39.7 Å².